The molecule has 0 fully saturated rings. The summed E-state index contributed by atoms with van der Waals surface area (Å²) in [6.45, 7) is 2.01. The summed E-state index contributed by atoms with van der Waals surface area (Å²) >= 11 is 0. The van der Waals surface area contributed by atoms with Crippen molar-refractivity contribution in [2.75, 3.05) is 0 Å². The zero-order valence-electron chi connectivity index (χ0n) is 9.27. The number of hydrogen-bond donors (Lipinski definition) is 3. The second kappa shape index (κ2) is 6.50. The van der Waals surface area contributed by atoms with E-state index in [2.05, 4.69) is 9.97 Å². The lowest BCUT2D eigenvalue weighted by molar-refractivity contribution is -0.143. The fourth-order valence-corrected chi connectivity index (χ4v) is 1.48. The fraction of sp³-hybridized carbons (Fsp3) is 0.600. The first-order chi connectivity index (χ1) is 7.08. The maximum absolute atomic E-state index is 11.1. The van der Waals surface area contributed by atoms with Crippen LogP contribution >= 0.6 is 12.4 Å². The molecule has 1 rings (SSSR count). The Hall–Kier alpha value is -1.07. The van der Waals surface area contributed by atoms with Gasteiger partial charge in [-0.1, -0.05) is 19.8 Å². The van der Waals surface area contributed by atoms with Crippen molar-refractivity contribution in [3.8, 4) is 0 Å². The number of carboxylic acid groups (broad SMARTS) is 1. The number of aromatic nitrogens is 2. The summed E-state index contributed by atoms with van der Waals surface area (Å²) in [5, 5.41) is 9.10. The normalized spacial score (nSPS) is 13.9. The molecule has 1 aromatic rings. The number of halogens is 1. The standard InChI is InChI=1S/C10H17N3O2.ClH/c1-2-3-4-10(11,9(14)15)5-8-6-12-7-13-8;/h6-7H,2-5,11H2,1H3,(H,12,13)(H,14,15);1H. The van der Waals surface area contributed by atoms with Crippen molar-refractivity contribution in [2.24, 2.45) is 5.73 Å². The SMILES string of the molecule is CCCCC(N)(Cc1cnc[nH]1)C(=O)O.Cl. The highest BCUT2D eigenvalue weighted by Crippen LogP contribution is 2.16. The first-order valence-electron chi connectivity index (χ1n) is 5.08. The van der Waals surface area contributed by atoms with E-state index >= 15 is 0 Å². The molecule has 1 aromatic heterocycles. The Morgan fingerprint density at radius 1 is 1.69 bits per heavy atom. The van der Waals surface area contributed by atoms with Crippen LogP contribution in [0.15, 0.2) is 12.5 Å². The minimum absolute atomic E-state index is 0. The molecule has 1 unspecified atom stereocenters. The number of nitrogens with two attached hydrogens (primary N) is 1. The van der Waals surface area contributed by atoms with Crippen molar-refractivity contribution in [2.45, 2.75) is 38.1 Å². The van der Waals surface area contributed by atoms with Gasteiger partial charge in [0, 0.05) is 18.3 Å². The number of aliphatic carboxylic acids is 1. The summed E-state index contributed by atoms with van der Waals surface area (Å²) in [7, 11) is 0. The van der Waals surface area contributed by atoms with Crippen LogP contribution in [0.25, 0.3) is 0 Å². The molecule has 0 saturated heterocycles. The maximum Gasteiger partial charge on any atom is 0.324 e. The summed E-state index contributed by atoms with van der Waals surface area (Å²) in [5.74, 6) is -0.953. The molecule has 0 aliphatic rings. The van der Waals surface area contributed by atoms with E-state index in [0.717, 1.165) is 18.5 Å². The van der Waals surface area contributed by atoms with Gasteiger partial charge in [0.05, 0.1) is 6.33 Å². The molecule has 0 amide bonds. The Labute approximate surface area is 101 Å². The average Bonchev–Trinajstić information content (AvgIpc) is 2.67. The third-order valence-electron chi connectivity index (χ3n) is 2.46. The molecular weight excluding hydrogens is 230 g/mol. The number of rotatable bonds is 6. The molecular formula is C10H18ClN3O2. The number of unbranched alkanes of at least 4 members (excludes halogenated alkanes) is 1. The number of carboxylic acids is 1. The molecule has 0 spiro atoms. The van der Waals surface area contributed by atoms with Gasteiger partial charge in [0.25, 0.3) is 0 Å². The number of H-pyrrole nitrogens is 1. The molecule has 0 aromatic carbocycles. The van der Waals surface area contributed by atoms with Gasteiger partial charge in [0.1, 0.15) is 5.54 Å². The quantitative estimate of drug-likeness (QED) is 0.708. The second-order valence-corrected chi connectivity index (χ2v) is 3.82. The van der Waals surface area contributed by atoms with Crippen LogP contribution < -0.4 is 5.73 Å². The topological polar surface area (TPSA) is 92.0 Å². The van der Waals surface area contributed by atoms with Crippen molar-refractivity contribution in [1.29, 1.82) is 0 Å². The first-order valence-corrected chi connectivity index (χ1v) is 5.08. The zero-order chi connectivity index (χ0) is 11.3. The van der Waals surface area contributed by atoms with E-state index in [1.807, 2.05) is 6.92 Å². The summed E-state index contributed by atoms with van der Waals surface area (Å²) in [6, 6.07) is 0. The van der Waals surface area contributed by atoms with Crippen molar-refractivity contribution in [3.05, 3.63) is 18.2 Å². The van der Waals surface area contributed by atoms with Crippen LogP contribution in [0.3, 0.4) is 0 Å². The van der Waals surface area contributed by atoms with Crippen molar-refractivity contribution < 1.29 is 9.90 Å². The highest BCUT2D eigenvalue weighted by Gasteiger charge is 2.33. The smallest absolute Gasteiger partial charge is 0.324 e. The van der Waals surface area contributed by atoms with E-state index in [1.54, 1.807) is 6.20 Å². The lowest BCUT2D eigenvalue weighted by Crippen LogP contribution is -2.50. The van der Waals surface area contributed by atoms with E-state index in [-0.39, 0.29) is 12.4 Å². The Morgan fingerprint density at radius 3 is 2.81 bits per heavy atom. The zero-order valence-corrected chi connectivity index (χ0v) is 10.1. The van der Waals surface area contributed by atoms with E-state index in [1.165, 1.54) is 6.33 Å². The van der Waals surface area contributed by atoms with Crippen molar-refractivity contribution in [1.82, 2.24) is 9.97 Å². The molecule has 1 atom stereocenters. The monoisotopic (exact) mass is 247 g/mol. The Balaban J connectivity index is 0.00000225. The molecule has 16 heavy (non-hydrogen) atoms. The van der Waals surface area contributed by atoms with Gasteiger partial charge in [-0.15, -0.1) is 12.4 Å². The second-order valence-electron chi connectivity index (χ2n) is 3.82. The van der Waals surface area contributed by atoms with Gasteiger partial charge in [-0.05, 0) is 6.42 Å². The lowest BCUT2D eigenvalue weighted by atomic mass is 9.89. The Bertz CT molecular complexity index is 316. The molecule has 0 bridgehead atoms. The van der Waals surface area contributed by atoms with Gasteiger partial charge >= 0.3 is 5.97 Å². The van der Waals surface area contributed by atoms with Crippen LogP contribution in [-0.2, 0) is 11.2 Å². The van der Waals surface area contributed by atoms with Gasteiger partial charge < -0.3 is 15.8 Å². The molecule has 0 aliphatic carbocycles. The Kier molecular flexibility index (Phi) is 6.06. The minimum Gasteiger partial charge on any atom is -0.480 e. The average molecular weight is 248 g/mol. The van der Waals surface area contributed by atoms with Crippen molar-refractivity contribution >= 4 is 18.4 Å². The van der Waals surface area contributed by atoms with E-state index in [0.29, 0.717) is 12.8 Å². The molecule has 6 heteroatoms. The number of hydrogen-bond acceptors (Lipinski definition) is 3. The molecule has 92 valence electrons. The molecule has 0 saturated carbocycles. The van der Waals surface area contributed by atoms with Crippen LogP contribution in [-0.4, -0.2) is 26.6 Å². The number of nitrogens with zero attached hydrogens (tertiary/aromatic N) is 1. The summed E-state index contributed by atoms with van der Waals surface area (Å²) in [4.78, 5) is 17.8. The van der Waals surface area contributed by atoms with Gasteiger partial charge in [-0.2, -0.15) is 0 Å². The largest absolute Gasteiger partial charge is 0.480 e. The van der Waals surface area contributed by atoms with Crippen LogP contribution in [0.5, 0.6) is 0 Å². The van der Waals surface area contributed by atoms with Crippen LogP contribution in [0.4, 0.5) is 0 Å². The molecule has 0 aliphatic heterocycles. The molecule has 1 heterocycles. The van der Waals surface area contributed by atoms with E-state index in [9.17, 15) is 4.79 Å². The van der Waals surface area contributed by atoms with Gasteiger partial charge in [0.2, 0.25) is 0 Å². The summed E-state index contributed by atoms with van der Waals surface area (Å²) in [5.41, 5.74) is 5.45. The lowest BCUT2D eigenvalue weighted by Gasteiger charge is -2.23. The minimum atomic E-state index is -1.18. The van der Waals surface area contributed by atoms with Gasteiger partial charge in [0.15, 0.2) is 0 Å². The predicted octanol–water partition coefficient (Wildman–Crippen LogP) is 1.35. The van der Waals surface area contributed by atoms with Crippen LogP contribution in [0.2, 0.25) is 0 Å². The van der Waals surface area contributed by atoms with Crippen LogP contribution in [0, 0.1) is 0 Å². The Morgan fingerprint density at radius 2 is 2.38 bits per heavy atom. The maximum atomic E-state index is 11.1. The first kappa shape index (κ1) is 14.9. The highest BCUT2D eigenvalue weighted by atomic mass is 35.5. The highest BCUT2D eigenvalue weighted by molar-refractivity contribution is 5.85. The third kappa shape index (κ3) is 3.83. The molecule has 5 nitrogen and oxygen atoms in total. The van der Waals surface area contributed by atoms with Crippen molar-refractivity contribution in [3.63, 3.8) is 0 Å². The van der Waals surface area contributed by atoms with E-state index < -0.39 is 11.5 Å². The number of imidazole rings is 1. The summed E-state index contributed by atoms with van der Waals surface area (Å²) in [6.07, 6.45) is 5.67. The molecule has 0 radical (unpaired) electrons. The third-order valence-corrected chi connectivity index (χ3v) is 2.46. The van der Waals surface area contributed by atoms with Gasteiger partial charge in [-0.3, -0.25) is 4.79 Å². The number of aromatic amines is 1. The fourth-order valence-electron chi connectivity index (χ4n) is 1.48. The van der Waals surface area contributed by atoms with E-state index in [4.69, 9.17) is 10.8 Å². The van der Waals surface area contributed by atoms with Crippen LogP contribution in [0.1, 0.15) is 31.9 Å². The summed E-state index contributed by atoms with van der Waals surface area (Å²) < 4.78 is 0. The molecule has 4 N–H and O–H groups in total. The number of carbonyl (C=O) groups is 1. The number of nitrogens with one attached hydrogen (secondary N) is 1. The van der Waals surface area contributed by atoms with Gasteiger partial charge in [-0.25, -0.2) is 4.98 Å². The predicted molar refractivity (Wildman–Crippen MR) is 63.6 cm³/mol.